The molecule has 0 spiro atoms. The second-order valence-corrected chi connectivity index (χ2v) is 3.01. The van der Waals surface area contributed by atoms with Crippen molar-refractivity contribution < 1.29 is 9.47 Å². The first-order valence-electron chi connectivity index (χ1n) is 5.50. The SMILES string of the molecule is CCC#CCC(CC)OCCOCC. The minimum atomic E-state index is 0.273. The predicted molar refractivity (Wildman–Crippen MR) is 59.2 cm³/mol. The van der Waals surface area contributed by atoms with Gasteiger partial charge in [-0.2, -0.15) is 0 Å². The molecule has 0 aliphatic heterocycles. The van der Waals surface area contributed by atoms with E-state index in [4.69, 9.17) is 9.47 Å². The van der Waals surface area contributed by atoms with E-state index in [-0.39, 0.29) is 6.10 Å². The molecule has 0 aromatic rings. The van der Waals surface area contributed by atoms with Crippen LogP contribution in [0.25, 0.3) is 0 Å². The highest BCUT2D eigenvalue weighted by molar-refractivity contribution is 4.99. The molecule has 0 rings (SSSR count). The number of hydrogen-bond acceptors (Lipinski definition) is 2. The van der Waals surface area contributed by atoms with E-state index < -0.39 is 0 Å². The lowest BCUT2D eigenvalue weighted by Gasteiger charge is -2.12. The van der Waals surface area contributed by atoms with Crippen LogP contribution in [-0.4, -0.2) is 25.9 Å². The van der Waals surface area contributed by atoms with Crippen molar-refractivity contribution in [2.75, 3.05) is 19.8 Å². The molecule has 0 aromatic carbocycles. The summed E-state index contributed by atoms with van der Waals surface area (Å²) in [5.74, 6) is 6.16. The molecule has 0 radical (unpaired) electrons. The van der Waals surface area contributed by atoms with Crippen LogP contribution >= 0.6 is 0 Å². The van der Waals surface area contributed by atoms with E-state index in [1.54, 1.807) is 0 Å². The van der Waals surface area contributed by atoms with Gasteiger partial charge in [-0.15, -0.1) is 11.8 Å². The Kier molecular flexibility index (Phi) is 10.2. The summed E-state index contributed by atoms with van der Waals surface area (Å²) in [7, 11) is 0. The molecule has 0 amide bonds. The summed E-state index contributed by atoms with van der Waals surface area (Å²) < 4.78 is 10.8. The van der Waals surface area contributed by atoms with Gasteiger partial charge in [0.15, 0.2) is 0 Å². The van der Waals surface area contributed by atoms with Gasteiger partial charge >= 0.3 is 0 Å². The molecule has 1 atom stereocenters. The van der Waals surface area contributed by atoms with Crippen molar-refractivity contribution in [1.29, 1.82) is 0 Å². The first kappa shape index (κ1) is 13.5. The molecule has 2 nitrogen and oxygen atoms in total. The van der Waals surface area contributed by atoms with Gasteiger partial charge in [-0.3, -0.25) is 0 Å². The van der Waals surface area contributed by atoms with Crippen LogP contribution in [0.2, 0.25) is 0 Å². The van der Waals surface area contributed by atoms with E-state index in [9.17, 15) is 0 Å². The summed E-state index contributed by atoms with van der Waals surface area (Å²) in [4.78, 5) is 0. The topological polar surface area (TPSA) is 18.5 Å². The summed E-state index contributed by atoms with van der Waals surface area (Å²) in [6, 6.07) is 0. The van der Waals surface area contributed by atoms with Crippen LogP contribution in [0.4, 0.5) is 0 Å². The molecule has 0 aliphatic rings. The van der Waals surface area contributed by atoms with Crippen LogP contribution in [0.3, 0.4) is 0 Å². The Morgan fingerprint density at radius 3 is 2.43 bits per heavy atom. The van der Waals surface area contributed by atoms with E-state index in [0.717, 1.165) is 25.9 Å². The summed E-state index contributed by atoms with van der Waals surface area (Å²) in [5.41, 5.74) is 0. The van der Waals surface area contributed by atoms with Gasteiger partial charge in [0.1, 0.15) is 0 Å². The van der Waals surface area contributed by atoms with Gasteiger partial charge < -0.3 is 9.47 Å². The number of ether oxygens (including phenoxy) is 2. The zero-order chi connectivity index (χ0) is 10.6. The van der Waals surface area contributed by atoms with E-state index in [1.807, 2.05) is 6.92 Å². The third-order valence-corrected chi connectivity index (χ3v) is 1.87. The normalized spacial score (nSPS) is 11.9. The highest BCUT2D eigenvalue weighted by Gasteiger charge is 2.03. The molecular formula is C12H22O2. The lowest BCUT2D eigenvalue weighted by Crippen LogP contribution is -2.14. The van der Waals surface area contributed by atoms with Gasteiger partial charge in [0, 0.05) is 19.4 Å². The van der Waals surface area contributed by atoms with Gasteiger partial charge in [0.05, 0.1) is 19.3 Å². The molecule has 0 aromatic heterocycles. The fourth-order valence-electron chi connectivity index (χ4n) is 1.05. The fourth-order valence-corrected chi connectivity index (χ4v) is 1.05. The summed E-state index contributed by atoms with van der Waals surface area (Å²) in [5, 5.41) is 0. The van der Waals surface area contributed by atoms with Crippen molar-refractivity contribution in [3.8, 4) is 11.8 Å². The quantitative estimate of drug-likeness (QED) is 0.462. The molecule has 0 fully saturated rings. The summed E-state index contributed by atoms with van der Waals surface area (Å²) >= 11 is 0. The zero-order valence-corrected chi connectivity index (χ0v) is 9.64. The Morgan fingerprint density at radius 2 is 1.86 bits per heavy atom. The minimum Gasteiger partial charge on any atom is -0.379 e. The van der Waals surface area contributed by atoms with Crippen LogP contribution in [-0.2, 0) is 9.47 Å². The molecule has 14 heavy (non-hydrogen) atoms. The van der Waals surface area contributed by atoms with Crippen LogP contribution in [0.15, 0.2) is 0 Å². The van der Waals surface area contributed by atoms with Crippen LogP contribution in [0.1, 0.15) is 40.0 Å². The second-order valence-electron chi connectivity index (χ2n) is 3.01. The van der Waals surface area contributed by atoms with Gasteiger partial charge in [-0.1, -0.05) is 13.8 Å². The van der Waals surface area contributed by atoms with Crippen molar-refractivity contribution in [3.63, 3.8) is 0 Å². The van der Waals surface area contributed by atoms with E-state index in [1.165, 1.54) is 0 Å². The van der Waals surface area contributed by atoms with Crippen molar-refractivity contribution in [2.24, 2.45) is 0 Å². The largest absolute Gasteiger partial charge is 0.379 e. The zero-order valence-electron chi connectivity index (χ0n) is 9.64. The van der Waals surface area contributed by atoms with Crippen molar-refractivity contribution >= 4 is 0 Å². The highest BCUT2D eigenvalue weighted by Crippen LogP contribution is 2.02. The lowest BCUT2D eigenvalue weighted by molar-refractivity contribution is 0.00831. The fraction of sp³-hybridized carbons (Fsp3) is 0.833. The first-order valence-corrected chi connectivity index (χ1v) is 5.50. The molecule has 0 heterocycles. The van der Waals surface area contributed by atoms with Gasteiger partial charge in [-0.25, -0.2) is 0 Å². The molecule has 0 saturated heterocycles. The second kappa shape index (κ2) is 10.6. The molecule has 0 N–H and O–H groups in total. The molecule has 2 heteroatoms. The Morgan fingerprint density at radius 1 is 1.07 bits per heavy atom. The smallest absolute Gasteiger partial charge is 0.0704 e. The van der Waals surface area contributed by atoms with E-state index in [0.29, 0.717) is 13.2 Å². The molecular weight excluding hydrogens is 176 g/mol. The monoisotopic (exact) mass is 198 g/mol. The summed E-state index contributed by atoms with van der Waals surface area (Å²) in [6.45, 7) is 8.30. The molecule has 1 unspecified atom stereocenters. The van der Waals surface area contributed by atoms with Crippen molar-refractivity contribution in [3.05, 3.63) is 0 Å². The molecule has 82 valence electrons. The minimum absolute atomic E-state index is 0.273. The Balaban J connectivity index is 3.47. The Bertz CT molecular complexity index is 167. The molecule has 0 aliphatic carbocycles. The highest BCUT2D eigenvalue weighted by atomic mass is 16.5. The van der Waals surface area contributed by atoms with Crippen LogP contribution < -0.4 is 0 Å². The van der Waals surface area contributed by atoms with Gasteiger partial charge in [-0.05, 0) is 13.3 Å². The first-order chi connectivity index (χ1) is 6.85. The van der Waals surface area contributed by atoms with E-state index >= 15 is 0 Å². The third-order valence-electron chi connectivity index (χ3n) is 1.87. The lowest BCUT2D eigenvalue weighted by atomic mass is 10.2. The maximum atomic E-state index is 5.61. The maximum absolute atomic E-state index is 5.61. The standard InChI is InChI=1S/C12H22O2/c1-4-7-8-9-12(5-2)14-11-10-13-6-3/h12H,4-6,9-11H2,1-3H3. The maximum Gasteiger partial charge on any atom is 0.0704 e. The average molecular weight is 198 g/mol. The molecule has 0 bridgehead atoms. The molecule has 0 saturated carbocycles. The average Bonchev–Trinajstić information content (AvgIpc) is 2.22. The van der Waals surface area contributed by atoms with Gasteiger partial charge in [0.25, 0.3) is 0 Å². The predicted octanol–water partition coefficient (Wildman–Crippen LogP) is 2.62. The van der Waals surface area contributed by atoms with Crippen LogP contribution in [0, 0.1) is 11.8 Å². The Labute approximate surface area is 88.0 Å². The number of rotatable bonds is 7. The number of hydrogen-bond donors (Lipinski definition) is 0. The van der Waals surface area contributed by atoms with E-state index in [2.05, 4.69) is 25.7 Å². The third kappa shape index (κ3) is 8.10. The van der Waals surface area contributed by atoms with Gasteiger partial charge in [0.2, 0.25) is 0 Å². The Hall–Kier alpha value is -0.520. The van der Waals surface area contributed by atoms with Crippen molar-refractivity contribution in [1.82, 2.24) is 0 Å². The summed E-state index contributed by atoms with van der Waals surface area (Å²) in [6.07, 6.45) is 3.06. The van der Waals surface area contributed by atoms with Crippen LogP contribution in [0.5, 0.6) is 0 Å². The van der Waals surface area contributed by atoms with Crippen molar-refractivity contribution in [2.45, 2.75) is 46.1 Å².